The molecular weight excluding hydrogens is 216 g/mol. The smallest absolute Gasteiger partial charge is 0.373 e. The molecule has 0 saturated heterocycles. The number of rotatable bonds is 2. The lowest BCUT2D eigenvalue weighted by Crippen LogP contribution is -1.97. The second-order valence-corrected chi connectivity index (χ2v) is 3.48. The maximum atomic E-state index is 10.6. The van der Waals surface area contributed by atoms with E-state index in [1.807, 2.05) is 6.08 Å². The molecule has 0 saturated carbocycles. The van der Waals surface area contributed by atoms with Gasteiger partial charge in [-0.2, -0.15) is 0 Å². The van der Waals surface area contributed by atoms with Gasteiger partial charge in [0.25, 0.3) is 0 Å². The first kappa shape index (κ1) is 11.2. The first-order valence-electron chi connectivity index (χ1n) is 5.15. The molecule has 0 amide bonds. The van der Waals surface area contributed by atoms with Crippen LogP contribution in [0.25, 0.3) is 17.2 Å². The number of hydrogen-bond donors (Lipinski definition) is 0. The zero-order valence-electron chi connectivity index (χ0n) is 9.47. The Balaban J connectivity index is 0.000000127. The van der Waals surface area contributed by atoms with Crippen LogP contribution in [0.4, 0.5) is 0 Å². The zero-order valence-corrected chi connectivity index (χ0v) is 9.47. The molecule has 0 radical (unpaired) electrons. The van der Waals surface area contributed by atoms with Gasteiger partial charge < -0.3 is 9.15 Å². The highest BCUT2D eigenvalue weighted by molar-refractivity contribution is 5.89. The fraction of sp³-hybridized carbons (Fsp3) is 0.0714. The van der Waals surface area contributed by atoms with E-state index in [0.29, 0.717) is 0 Å². The molecule has 0 N–H and O–H groups in total. The molecule has 0 atom stereocenters. The van der Waals surface area contributed by atoms with Gasteiger partial charge in [-0.05, 0) is 34.9 Å². The first-order chi connectivity index (χ1) is 8.26. The van der Waals surface area contributed by atoms with Gasteiger partial charge >= 0.3 is 5.97 Å². The van der Waals surface area contributed by atoms with E-state index in [1.165, 1.54) is 30.1 Å². The van der Waals surface area contributed by atoms with Crippen LogP contribution in [0.5, 0.6) is 0 Å². The second kappa shape index (κ2) is 4.70. The summed E-state index contributed by atoms with van der Waals surface area (Å²) in [6, 6.07) is 9.55. The summed E-state index contributed by atoms with van der Waals surface area (Å²) in [6.07, 6.45) is 3.31. The number of methoxy groups -OCH3 is 1. The summed E-state index contributed by atoms with van der Waals surface area (Å²) >= 11 is 0. The molecule has 3 rings (SSSR count). The van der Waals surface area contributed by atoms with Gasteiger partial charge in [0, 0.05) is 0 Å². The molecule has 3 nitrogen and oxygen atoms in total. The Morgan fingerprint density at radius 3 is 2.59 bits per heavy atom. The van der Waals surface area contributed by atoms with Crippen LogP contribution < -0.4 is 0 Å². The Morgan fingerprint density at radius 1 is 1.41 bits per heavy atom. The van der Waals surface area contributed by atoms with Crippen LogP contribution in [0.3, 0.4) is 0 Å². The summed E-state index contributed by atoms with van der Waals surface area (Å²) in [5.74, 6) is -0.211. The van der Waals surface area contributed by atoms with Crippen molar-refractivity contribution in [2.45, 2.75) is 0 Å². The number of fused-ring (bicyclic) bond motifs is 1. The predicted octanol–water partition coefficient (Wildman–Crippen LogP) is 3.38. The van der Waals surface area contributed by atoms with E-state index in [4.69, 9.17) is 4.42 Å². The minimum atomic E-state index is -0.444. The highest BCUT2D eigenvalue weighted by atomic mass is 16.5. The molecule has 2 aliphatic carbocycles. The lowest BCUT2D eigenvalue weighted by atomic mass is 10.3. The van der Waals surface area contributed by atoms with Crippen LogP contribution in [-0.2, 0) is 4.74 Å². The highest BCUT2D eigenvalue weighted by Crippen LogP contribution is 2.38. The maximum Gasteiger partial charge on any atom is 0.373 e. The summed E-state index contributed by atoms with van der Waals surface area (Å²) in [6.45, 7) is 3.68. The number of carbonyl (C=O) groups is 1. The Hall–Kier alpha value is -2.29. The molecule has 2 aliphatic rings. The van der Waals surface area contributed by atoms with Gasteiger partial charge in [0.15, 0.2) is 0 Å². The van der Waals surface area contributed by atoms with Gasteiger partial charge in [0.2, 0.25) is 5.76 Å². The molecule has 1 aromatic heterocycles. The van der Waals surface area contributed by atoms with E-state index >= 15 is 0 Å². The molecule has 0 spiro atoms. The van der Waals surface area contributed by atoms with E-state index in [0.717, 1.165) is 0 Å². The largest absolute Gasteiger partial charge is 0.463 e. The average molecular weight is 228 g/mol. The molecule has 3 heteroatoms. The van der Waals surface area contributed by atoms with Crippen molar-refractivity contribution in [1.82, 2.24) is 0 Å². The number of ether oxygens (including phenoxy) is 1. The summed E-state index contributed by atoms with van der Waals surface area (Å²) < 4.78 is 9.07. The summed E-state index contributed by atoms with van der Waals surface area (Å²) in [7, 11) is 1.31. The Kier molecular flexibility index (Phi) is 3.10. The lowest BCUT2D eigenvalue weighted by molar-refractivity contribution is 0.0565. The molecule has 0 aliphatic heterocycles. The van der Waals surface area contributed by atoms with Crippen LogP contribution in [0.15, 0.2) is 47.6 Å². The topological polar surface area (TPSA) is 39.4 Å². The quantitative estimate of drug-likeness (QED) is 0.631. The van der Waals surface area contributed by atoms with Crippen molar-refractivity contribution < 1.29 is 13.9 Å². The SMILES string of the molecule is C=Cc1ccc2cc1-2.COC(=O)c1ccco1. The molecule has 17 heavy (non-hydrogen) atoms. The molecule has 1 aromatic rings. The van der Waals surface area contributed by atoms with Crippen molar-refractivity contribution in [1.29, 1.82) is 0 Å². The third-order valence-electron chi connectivity index (χ3n) is 2.41. The van der Waals surface area contributed by atoms with Crippen LogP contribution in [0.1, 0.15) is 16.1 Å². The van der Waals surface area contributed by atoms with Crippen molar-refractivity contribution in [3.05, 3.63) is 54.5 Å². The summed E-state index contributed by atoms with van der Waals surface area (Å²) in [5.41, 5.74) is 4.06. The minimum absolute atomic E-state index is 0.234. The molecule has 86 valence electrons. The number of benzene rings is 1. The predicted molar refractivity (Wildman–Crippen MR) is 65.6 cm³/mol. The molecule has 0 aromatic carbocycles. The van der Waals surface area contributed by atoms with Gasteiger partial charge in [-0.3, -0.25) is 0 Å². The van der Waals surface area contributed by atoms with Crippen molar-refractivity contribution >= 4 is 12.0 Å². The van der Waals surface area contributed by atoms with Crippen molar-refractivity contribution in [3.63, 3.8) is 0 Å². The lowest BCUT2D eigenvalue weighted by Gasteiger charge is -1.89. The van der Waals surface area contributed by atoms with Gasteiger partial charge in [-0.1, -0.05) is 24.8 Å². The summed E-state index contributed by atoms with van der Waals surface area (Å²) in [4.78, 5) is 10.6. The number of esters is 1. The third-order valence-corrected chi connectivity index (χ3v) is 2.41. The monoisotopic (exact) mass is 228 g/mol. The molecular formula is C14H12O3. The average Bonchev–Trinajstić information content (AvgIpc) is 2.84. The standard InChI is InChI=1S/C8H6.C6H6O3/c1-2-6-3-4-7-5-8(6)7;1-8-6(7)5-3-2-4-9-5/h2-5H,1H2;2-4H,1H3. The fourth-order valence-corrected chi connectivity index (χ4v) is 1.45. The zero-order chi connectivity index (χ0) is 12.3. The molecule has 0 fully saturated rings. The second-order valence-electron chi connectivity index (χ2n) is 3.48. The molecule has 0 bridgehead atoms. The summed E-state index contributed by atoms with van der Waals surface area (Å²) in [5, 5.41) is 0. The van der Waals surface area contributed by atoms with Crippen LogP contribution in [0.2, 0.25) is 0 Å². The van der Waals surface area contributed by atoms with Crippen LogP contribution >= 0.6 is 0 Å². The van der Waals surface area contributed by atoms with Crippen LogP contribution in [-0.4, -0.2) is 13.1 Å². The van der Waals surface area contributed by atoms with Crippen molar-refractivity contribution in [2.75, 3.05) is 7.11 Å². The van der Waals surface area contributed by atoms with E-state index in [1.54, 1.807) is 12.1 Å². The first-order valence-corrected chi connectivity index (χ1v) is 5.15. The number of carbonyl (C=O) groups excluding carboxylic acids is 1. The van der Waals surface area contributed by atoms with Gasteiger partial charge in [-0.25, -0.2) is 4.79 Å². The van der Waals surface area contributed by atoms with Crippen molar-refractivity contribution in [3.8, 4) is 11.1 Å². The minimum Gasteiger partial charge on any atom is -0.463 e. The fourth-order valence-electron chi connectivity index (χ4n) is 1.45. The molecule has 0 unspecified atom stereocenters. The molecule has 1 heterocycles. The highest BCUT2D eigenvalue weighted by Gasteiger charge is 2.13. The van der Waals surface area contributed by atoms with E-state index in [2.05, 4.69) is 29.5 Å². The Labute approximate surface area is 99.3 Å². The van der Waals surface area contributed by atoms with Crippen LogP contribution in [0, 0.1) is 0 Å². The van der Waals surface area contributed by atoms with E-state index < -0.39 is 5.97 Å². The number of hydrogen-bond acceptors (Lipinski definition) is 3. The maximum absolute atomic E-state index is 10.6. The van der Waals surface area contributed by atoms with E-state index in [9.17, 15) is 4.79 Å². The Morgan fingerprint density at radius 2 is 2.24 bits per heavy atom. The third kappa shape index (κ3) is 2.45. The number of furan rings is 1. The van der Waals surface area contributed by atoms with E-state index in [-0.39, 0.29) is 5.76 Å². The van der Waals surface area contributed by atoms with Crippen molar-refractivity contribution in [2.24, 2.45) is 0 Å². The Bertz CT molecular complexity index is 539. The van der Waals surface area contributed by atoms with Gasteiger partial charge in [-0.15, -0.1) is 0 Å². The van der Waals surface area contributed by atoms with Gasteiger partial charge in [0.1, 0.15) is 0 Å². The normalized spacial score (nSPS) is 9.94. The van der Waals surface area contributed by atoms with Gasteiger partial charge in [0.05, 0.1) is 13.4 Å².